The van der Waals surface area contributed by atoms with Crippen molar-refractivity contribution in [2.75, 3.05) is 7.11 Å². The zero-order valence-electron chi connectivity index (χ0n) is 20.0. The van der Waals surface area contributed by atoms with Crippen molar-refractivity contribution in [1.29, 1.82) is 0 Å². The third kappa shape index (κ3) is 6.35. The molecule has 0 fully saturated rings. The lowest BCUT2D eigenvalue weighted by Crippen LogP contribution is -2.50. The molecule has 2 amide bonds. The van der Waals surface area contributed by atoms with E-state index in [0.717, 1.165) is 16.9 Å². The fourth-order valence-corrected chi connectivity index (χ4v) is 4.12. The Bertz CT molecular complexity index is 1070. The molecule has 0 heterocycles. The number of rotatable bonds is 10. The summed E-state index contributed by atoms with van der Waals surface area (Å²) >= 11 is 0. The quantitative estimate of drug-likeness (QED) is 0.471. The molecule has 0 radical (unpaired) electrons. The number of nitrogens with zero attached hydrogens (tertiary/aromatic N) is 1. The van der Waals surface area contributed by atoms with Crippen LogP contribution in [-0.2, 0) is 22.6 Å². The average Bonchev–Trinajstić information content (AvgIpc) is 2.82. The monoisotopic (exact) mass is 446 g/mol. The zero-order chi connectivity index (χ0) is 23.8. The molecule has 1 atom stereocenters. The van der Waals surface area contributed by atoms with E-state index < -0.39 is 6.04 Å². The van der Waals surface area contributed by atoms with Crippen molar-refractivity contribution in [2.24, 2.45) is 0 Å². The normalized spacial score (nSPS) is 11.9. The highest BCUT2D eigenvalue weighted by Crippen LogP contribution is 2.22. The highest BCUT2D eigenvalue weighted by molar-refractivity contribution is 5.89. The molecule has 3 aromatic rings. The summed E-state index contributed by atoms with van der Waals surface area (Å²) in [6, 6.07) is 21.5. The standard InChI is InChI=1S/C28H34N2O3/c1-5-26(28(32)29-20(2)3)30(19-21-13-16-24(33-4)17-14-21)27(31)18-15-23-11-8-10-22-9-6-7-12-25(22)23/h6-14,16-17,20,26H,5,15,18-19H2,1-4H3,(H,29,32)/t26-/m0/s1. The van der Waals surface area contributed by atoms with Gasteiger partial charge in [-0.25, -0.2) is 0 Å². The molecule has 5 heteroatoms. The van der Waals surface area contributed by atoms with E-state index in [-0.39, 0.29) is 17.9 Å². The molecule has 0 spiro atoms. The number of hydrogen-bond acceptors (Lipinski definition) is 3. The summed E-state index contributed by atoms with van der Waals surface area (Å²) in [5.41, 5.74) is 2.11. The summed E-state index contributed by atoms with van der Waals surface area (Å²) in [6.45, 7) is 6.19. The minimum Gasteiger partial charge on any atom is -0.497 e. The molecule has 3 aromatic carbocycles. The predicted octanol–water partition coefficient (Wildman–Crippen LogP) is 5.11. The van der Waals surface area contributed by atoms with Crippen molar-refractivity contribution in [1.82, 2.24) is 10.2 Å². The number of ether oxygens (including phenoxy) is 1. The molecule has 0 saturated heterocycles. The SMILES string of the molecule is CC[C@@H](C(=O)NC(C)C)N(Cc1ccc(OC)cc1)C(=O)CCc1cccc2ccccc12. The second-order valence-corrected chi connectivity index (χ2v) is 8.60. The van der Waals surface area contributed by atoms with Crippen LogP contribution in [0.2, 0.25) is 0 Å². The second kappa shape index (κ2) is 11.5. The molecule has 0 saturated carbocycles. The van der Waals surface area contributed by atoms with Crippen LogP contribution in [-0.4, -0.2) is 35.9 Å². The van der Waals surface area contributed by atoms with Crippen LogP contribution in [0, 0.1) is 0 Å². The molecule has 0 aliphatic carbocycles. The van der Waals surface area contributed by atoms with E-state index >= 15 is 0 Å². The van der Waals surface area contributed by atoms with E-state index in [9.17, 15) is 9.59 Å². The summed E-state index contributed by atoms with van der Waals surface area (Å²) < 4.78 is 5.25. The Kier molecular flexibility index (Phi) is 8.47. The number of aryl methyl sites for hydroxylation is 1. The van der Waals surface area contributed by atoms with Crippen molar-refractivity contribution < 1.29 is 14.3 Å². The van der Waals surface area contributed by atoms with Crippen LogP contribution in [0.15, 0.2) is 66.7 Å². The Morgan fingerprint density at radius 2 is 1.67 bits per heavy atom. The molecule has 3 rings (SSSR count). The summed E-state index contributed by atoms with van der Waals surface area (Å²) in [4.78, 5) is 28.2. The van der Waals surface area contributed by atoms with Gasteiger partial charge in [-0.1, -0.05) is 61.5 Å². The minimum absolute atomic E-state index is 0.0140. The highest BCUT2D eigenvalue weighted by atomic mass is 16.5. The van der Waals surface area contributed by atoms with Crippen molar-refractivity contribution >= 4 is 22.6 Å². The van der Waals surface area contributed by atoms with Crippen molar-refractivity contribution in [3.63, 3.8) is 0 Å². The lowest BCUT2D eigenvalue weighted by molar-refractivity contribution is -0.141. The molecule has 0 aliphatic rings. The first kappa shape index (κ1) is 24.3. The van der Waals surface area contributed by atoms with Gasteiger partial charge in [0.1, 0.15) is 11.8 Å². The molecule has 174 valence electrons. The topological polar surface area (TPSA) is 58.6 Å². The van der Waals surface area contributed by atoms with Gasteiger partial charge < -0.3 is 15.0 Å². The largest absolute Gasteiger partial charge is 0.497 e. The molecule has 0 aliphatic heterocycles. The predicted molar refractivity (Wildman–Crippen MR) is 133 cm³/mol. The summed E-state index contributed by atoms with van der Waals surface area (Å²) in [5.74, 6) is 0.626. The fraction of sp³-hybridized carbons (Fsp3) is 0.357. The van der Waals surface area contributed by atoms with Gasteiger partial charge in [-0.15, -0.1) is 0 Å². The second-order valence-electron chi connectivity index (χ2n) is 8.60. The molecular formula is C28H34N2O3. The van der Waals surface area contributed by atoms with Gasteiger partial charge in [0.25, 0.3) is 0 Å². The van der Waals surface area contributed by atoms with Crippen LogP contribution >= 0.6 is 0 Å². The number of benzene rings is 3. The van der Waals surface area contributed by atoms with E-state index in [0.29, 0.717) is 25.8 Å². The Hall–Kier alpha value is -3.34. The number of amides is 2. The molecule has 5 nitrogen and oxygen atoms in total. The van der Waals surface area contributed by atoms with Crippen LogP contribution < -0.4 is 10.1 Å². The maximum atomic E-state index is 13.5. The van der Waals surface area contributed by atoms with Gasteiger partial charge in [-0.3, -0.25) is 9.59 Å². The lowest BCUT2D eigenvalue weighted by atomic mass is 10.00. The molecule has 0 bridgehead atoms. The summed E-state index contributed by atoms with van der Waals surface area (Å²) in [5, 5.41) is 5.31. The van der Waals surface area contributed by atoms with Crippen molar-refractivity contribution in [3.8, 4) is 5.75 Å². The van der Waals surface area contributed by atoms with Crippen molar-refractivity contribution in [3.05, 3.63) is 77.9 Å². The number of nitrogens with one attached hydrogen (secondary N) is 1. The maximum absolute atomic E-state index is 13.5. The van der Waals surface area contributed by atoms with Gasteiger partial charge in [-0.05, 0) is 60.7 Å². The van der Waals surface area contributed by atoms with Gasteiger partial charge in [0, 0.05) is 19.0 Å². The first-order chi connectivity index (χ1) is 15.9. The van der Waals surface area contributed by atoms with Crippen LogP contribution in [0.4, 0.5) is 0 Å². The molecular weight excluding hydrogens is 412 g/mol. The first-order valence-corrected chi connectivity index (χ1v) is 11.6. The van der Waals surface area contributed by atoms with Gasteiger partial charge >= 0.3 is 0 Å². The van der Waals surface area contributed by atoms with Crippen molar-refractivity contribution in [2.45, 2.75) is 58.7 Å². The van der Waals surface area contributed by atoms with Crippen LogP contribution in [0.5, 0.6) is 5.75 Å². The van der Waals surface area contributed by atoms with Gasteiger partial charge in [0.05, 0.1) is 7.11 Å². The van der Waals surface area contributed by atoms with Gasteiger partial charge in [0.2, 0.25) is 11.8 Å². The average molecular weight is 447 g/mol. The molecule has 0 aromatic heterocycles. The van der Waals surface area contributed by atoms with E-state index in [1.54, 1.807) is 12.0 Å². The smallest absolute Gasteiger partial charge is 0.243 e. The molecule has 0 unspecified atom stereocenters. The zero-order valence-corrected chi connectivity index (χ0v) is 20.0. The lowest BCUT2D eigenvalue weighted by Gasteiger charge is -2.31. The first-order valence-electron chi connectivity index (χ1n) is 11.6. The number of fused-ring (bicyclic) bond motifs is 1. The fourth-order valence-electron chi connectivity index (χ4n) is 4.12. The van der Waals surface area contributed by atoms with E-state index in [1.165, 1.54) is 10.8 Å². The third-order valence-electron chi connectivity index (χ3n) is 5.82. The Morgan fingerprint density at radius 1 is 0.970 bits per heavy atom. The highest BCUT2D eigenvalue weighted by Gasteiger charge is 2.28. The van der Waals surface area contributed by atoms with Crippen LogP contribution in [0.1, 0.15) is 44.7 Å². The van der Waals surface area contributed by atoms with Crippen LogP contribution in [0.3, 0.4) is 0 Å². The number of carbonyl (C=O) groups excluding carboxylic acids is 2. The minimum atomic E-state index is -0.519. The van der Waals surface area contributed by atoms with Gasteiger partial charge in [-0.2, -0.15) is 0 Å². The van der Waals surface area contributed by atoms with Gasteiger partial charge in [0.15, 0.2) is 0 Å². The number of methoxy groups -OCH3 is 1. The summed E-state index contributed by atoms with van der Waals surface area (Å²) in [6.07, 6.45) is 1.52. The van der Waals surface area contributed by atoms with E-state index in [1.807, 2.05) is 63.2 Å². The van der Waals surface area contributed by atoms with E-state index in [2.05, 4.69) is 29.6 Å². The molecule has 1 N–H and O–H groups in total. The number of hydrogen-bond donors (Lipinski definition) is 1. The van der Waals surface area contributed by atoms with E-state index in [4.69, 9.17) is 4.74 Å². The summed E-state index contributed by atoms with van der Waals surface area (Å²) in [7, 11) is 1.63. The molecule has 33 heavy (non-hydrogen) atoms. The van der Waals surface area contributed by atoms with Crippen LogP contribution in [0.25, 0.3) is 10.8 Å². The number of carbonyl (C=O) groups is 2. The Labute approximate surface area is 196 Å². The Morgan fingerprint density at radius 3 is 2.33 bits per heavy atom. The Balaban J connectivity index is 1.82. The third-order valence-corrected chi connectivity index (χ3v) is 5.82. The maximum Gasteiger partial charge on any atom is 0.243 e.